The van der Waals surface area contributed by atoms with Crippen molar-refractivity contribution in [3.8, 4) is 0 Å². The van der Waals surface area contributed by atoms with Crippen LogP contribution in [0.15, 0.2) is 18.2 Å². The first kappa shape index (κ1) is 11.3. The molecule has 0 saturated heterocycles. The van der Waals surface area contributed by atoms with Crippen LogP contribution >= 0.6 is 11.6 Å². The first-order chi connectivity index (χ1) is 7.56. The van der Waals surface area contributed by atoms with Crippen molar-refractivity contribution < 1.29 is 13.6 Å². The van der Waals surface area contributed by atoms with E-state index in [2.05, 4.69) is 5.32 Å². The van der Waals surface area contributed by atoms with Gasteiger partial charge in [0, 0.05) is 12.1 Å². The fourth-order valence-electron chi connectivity index (χ4n) is 1.37. The molecule has 2 nitrogen and oxygen atoms in total. The van der Waals surface area contributed by atoms with Crippen LogP contribution in [0.4, 0.5) is 8.78 Å². The van der Waals surface area contributed by atoms with Crippen LogP contribution in [0, 0.1) is 11.6 Å². The topological polar surface area (TPSA) is 29.1 Å². The van der Waals surface area contributed by atoms with Gasteiger partial charge >= 0.3 is 0 Å². The third-order valence-corrected chi connectivity index (χ3v) is 2.78. The number of hydrogen-bond acceptors (Lipinski definition) is 1. The smallest absolute Gasteiger partial charge is 0.242 e. The Morgan fingerprint density at radius 2 is 1.88 bits per heavy atom. The zero-order valence-corrected chi connectivity index (χ0v) is 9.10. The predicted octanol–water partition coefficient (Wildman–Crippen LogP) is 2.52. The third-order valence-electron chi connectivity index (χ3n) is 2.33. The number of carbonyl (C=O) groups is 1. The Balaban J connectivity index is 2.11. The Kier molecular flexibility index (Phi) is 3.10. The highest BCUT2D eigenvalue weighted by molar-refractivity contribution is 6.30. The predicted molar refractivity (Wildman–Crippen MR) is 56.1 cm³/mol. The first-order valence-electron chi connectivity index (χ1n) is 4.96. The summed E-state index contributed by atoms with van der Waals surface area (Å²) in [6.07, 6.45) is 1.87. The van der Waals surface area contributed by atoms with E-state index >= 15 is 0 Å². The lowest BCUT2D eigenvalue weighted by Gasteiger charge is -2.10. The molecule has 86 valence electrons. The van der Waals surface area contributed by atoms with Gasteiger partial charge in [-0.1, -0.05) is 0 Å². The van der Waals surface area contributed by atoms with Crippen LogP contribution in [0.1, 0.15) is 23.8 Å². The van der Waals surface area contributed by atoms with Crippen LogP contribution in [0.2, 0.25) is 0 Å². The van der Waals surface area contributed by atoms with Crippen molar-refractivity contribution >= 4 is 17.5 Å². The van der Waals surface area contributed by atoms with Crippen LogP contribution < -0.4 is 5.32 Å². The zero-order chi connectivity index (χ0) is 11.7. The van der Waals surface area contributed by atoms with Gasteiger partial charge in [-0.25, -0.2) is 8.78 Å². The number of halogens is 3. The highest BCUT2D eigenvalue weighted by atomic mass is 35.5. The lowest BCUT2D eigenvalue weighted by atomic mass is 10.1. The van der Waals surface area contributed by atoms with E-state index in [0.717, 1.165) is 31.0 Å². The van der Waals surface area contributed by atoms with Crippen molar-refractivity contribution in [2.45, 2.75) is 24.3 Å². The maximum atomic E-state index is 12.9. The van der Waals surface area contributed by atoms with E-state index in [4.69, 9.17) is 11.6 Å². The number of alkyl halides is 1. The van der Waals surface area contributed by atoms with Gasteiger partial charge in [-0.05, 0) is 30.5 Å². The van der Waals surface area contributed by atoms with Gasteiger partial charge in [-0.15, -0.1) is 11.6 Å². The van der Waals surface area contributed by atoms with E-state index in [-0.39, 0.29) is 11.6 Å². The Morgan fingerprint density at radius 1 is 1.31 bits per heavy atom. The Hall–Kier alpha value is -1.16. The van der Waals surface area contributed by atoms with Crippen molar-refractivity contribution in [3.05, 3.63) is 35.4 Å². The summed E-state index contributed by atoms with van der Waals surface area (Å²) in [5.74, 6) is -1.88. The van der Waals surface area contributed by atoms with Gasteiger partial charge in [0.1, 0.15) is 17.0 Å². The van der Waals surface area contributed by atoms with Gasteiger partial charge in [0.25, 0.3) is 0 Å². The second-order valence-corrected chi connectivity index (χ2v) is 4.28. The zero-order valence-electron chi connectivity index (χ0n) is 8.34. The highest BCUT2D eigenvalue weighted by Gasteiger charge is 2.27. The largest absolute Gasteiger partial charge is 0.352 e. The number of rotatable bonds is 3. The molecule has 0 heterocycles. The summed E-state index contributed by atoms with van der Waals surface area (Å²) >= 11 is 5.83. The molecule has 1 aromatic carbocycles. The van der Waals surface area contributed by atoms with E-state index in [9.17, 15) is 13.6 Å². The fourth-order valence-corrected chi connectivity index (χ4v) is 1.56. The number of benzene rings is 1. The number of amides is 1. The minimum Gasteiger partial charge on any atom is -0.352 e. The maximum absolute atomic E-state index is 12.9. The van der Waals surface area contributed by atoms with Gasteiger partial charge in [0.05, 0.1) is 0 Å². The molecule has 1 aromatic rings. The van der Waals surface area contributed by atoms with Crippen LogP contribution in [0.25, 0.3) is 0 Å². The molecule has 2 rings (SSSR count). The number of hydrogen-bond donors (Lipinski definition) is 1. The summed E-state index contributed by atoms with van der Waals surface area (Å²) in [5.41, 5.74) is 0.136. The lowest BCUT2D eigenvalue weighted by molar-refractivity contribution is -0.121. The van der Waals surface area contributed by atoms with Crippen molar-refractivity contribution in [2.75, 3.05) is 0 Å². The minimum atomic E-state index is -1.05. The minimum absolute atomic E-state index is 0.136. The van der Waals surface area contributed by atoms with Crippen LogP contribution in [-0.4, -0.2) is 11.9 Å². The standard InChI is InChI=1S/C11H10ClF2NO/c12-10(11(16)15-9-1-2-9)6-3-7(13)5-8(14)4-6/h3-5,9-10H,1-2H2,(H,15,16). The lowest BCUT2D eigenvalue weighted by Crippen LogP contribution is -2.28. The van der Waals surface area contributed by atoms with Gasteiger partial charge in [0.15, 0.2) is 0 Å². The molecule has 0 aliphatic heterocycles. The van der Waals surface area contributed by atoms with E-state index in [0.29, 0.717) is 0 Å². The Bertz CT molecular complexity index is 400. The second-order valence-electron chi connectivity index (χ2n) is 3.85. The molecular formula is C11H10ClF2NO. The van der Waals surface area contributed by atoms with Gasteiger partial charge in [-0.3, -0.25) is 4.79 Å². The summed E-state index contributed by atoms with van der Waals surface area (Å²) in [6, 6.07) is 3.04. The molecule has 1 unspecified atom stereocenters. The monoisotopic (exact) mass is 245 g/mol. The molecule has 0 spiro atoms. The molecular weight excluding hydrogens is 236 g/mol. The third kappa shape index (κ3) is 2.70. The van der Waals surface area contributed by atoms with Crippen molar-refractivity contribution in [1.29, 1.82) is 0 Å². The fraction of sp³-hybridized carbons (Fsp3) is 0.364. The average Bonchev–Trinajstić information content (AvgIpc) is 2.99. The number of carbonyl (C=O) groups excluding carboxylic acids is 1. The van der Waals surface area contributed by atoms with Gasteiger partial charge in [0.2, 0.25) is 5.91 Å². The van der Waals surface area contributed by atoms with Crippen LogP contribution in [0.3, 0.4) is 0 Å². The highest BCUT2D eigenvalue weighted by Crippen LogP contribution is 2.25. The van der Waals surface area contributed by atoms with Crippen molar-refractivity contribution in [2.24, 2.45) is 0 Å². The van der Waals surface area contributed by atoms with Gasteiger partial charge < -0.3 is 5.32 Å². The molecule has 1 amide bonds. The molecule has 1 saturated carbocycles. The summed E-state index contributed by atoms with van der Waals surface area (Å²) in [4.78, 5) is 11.5. The molecule has 16 heavy (non-hydrogen) atoms. The Morgan fingerprint density at radius 3 is 2.38 bits per heavy atom. The van der Waals surface area contributed by atoms with Crippen molar-refractivity contribution in [1.82, 2.24) is 5.32 Å². The van der Waals surface area contributed by atoms with E-state index in [1.54, 1.807) is 0 Å². The van der Waals surface area contributed by atoms with E-state index < -0.39 is 22.9 Å². The average molecular weight is 246 g/mol. The normalized spacial score (nSPS) is 16.9. The molecule has 1 aliphatic rings. The summed E-state index contributed by atoms with van der Waals surface area (Å²) in [6.45, 7) is 0. The molecule has 1 aliphatic carbocycles. The summed E-state index contributed by atoms with van der Waals surface area (Å²) in [5, 5.41) is 1.63. The molecule has 1 atom stereocenters. The first-order valence-corrected chi connectivity index (χ1v) is 5.40. The Labute approximate surface area is 96.6 Å². The maximum Gasteiger partial charge on any atom is 0.242 e. The van der Waals surface area contributed by atoms with Gasteiger partial charge in [-0.2, -0.15) is 0 Å². The quantitative estimate of drug-likeness (QED) is 0.815. The molecule has 0 radical (unpaired) electrons. The number of nitrogens with one attached hydrogen (secondary N) is 1. The molecule has 0 aromatic heterocycles. The van der Waals surface area contributed by atoms with E-state index in [1.165, 1.54) is 0 Å². The van der Waals surface area contributed by atoms with Crippen molar-refractivity contribution in [3.63, 3.8) is 0 Å². The molecule has 1 N–H and O–H groups in total. The SMILES string of the molecule is O=C(NC1CC1)C(Cl)c1cc(F)cc(F)c1. The van der Waals surface area contributed by atoms with E-state index in [1.807, 2.05) is 0 Å². The molecule has 0 bridgehead atoms. The van der Waals surface area contributed by atoms with Crippen LogP contribution in [-0.2, 0) is 4.79 Å². The van der Waals surface area contributed by atoms with Crippen LogP contribution in [0.5, 0.6) is 0 Å². The molecule has 1 fully saturated rings. The molecule has 5 heteroatoms. The summed E-state index contributed by atoms with van der Waals surface area (Å²) in [7, 11) is 0. The summed E-state index contributed by atoms with van der Waals surface area (Å²) < 4.78 is 25.8. The second kappa shape index (κ2) is 4.37.